The first kappa shape index (κ1) is 10.9. The van der Waals surface area contributed by atoms with Crippen LogP contribution in [0.2, 0.25) is 0 Å². The van der Waals surface area contributed by atoms with E-state index in [2.05, 4.69) is 32.6 Å². The third-order valence-electron chi connectivity index (χ3n) is 2.29. The first-order valence-electron chi connectivity index (χ1n) is 4.61. The molecule has 0 amide bonds. The Labute approximate surface area is 70.8 Å². The van der Waals surface area contributed by atoms with Gasteiger partial charge in [0.25, 0.3) is 0 Å². The lowest BCUT2D eigenvalue weighted by atomic mass is 10.0. The minimum Gasteiger partial charge on any atom is -0.329 e. The van der Waals surface area contributed by atoms with Crippen molar-refractivity contribution in [1.82, 2.24) is 4.90 Å². The molecule has 0 radical (unpaired) electrons. The van der Waals surface area contributed by atoms with E-state index in [1.165, 1.54) is 0 Å². The van der Waals surface area contributed by atoms with Crippen molar-refractivity contribution in [1.29, 1.82) is 0 Å². The quantitative estimate of drug-likeness (QED) is 0.653. The second-order valence-electron chi connectivity index (χ2n) is 3.27. The molecule has 2 nitrogen and oxygen atoms in total. The molecular formula is C9H22N2. The highest BCUT2D eigenvalue weighted by atomic mass is 15.2. The molecule has 0 saturated heterocycles. The van der Waals surface area contributed by atoms with Crippen LogP contribution in [0.5, 0.6) is 0 Å². The Hall–Kier alpha value is -0.0800. The van der Waals surface area contributed by atoms with Crippen LogP contribution in [0.1, 0.15) is 27.7 Å². The molecule has 0 aliphatic rings. The van der Waals surface area contributed by atoms with E-state index in [1.807, 2.05) is 0 Å². The summed E-state index contributed by atoms with van der Waals surface area (Å²) in [7, 11) is 0. The first-order valence-corrected chi connectivity index (χ1v) is 4.61. The fourth-order valence-electron chi connectivity index (χ4n) is 1.54. The van der Waals surface area contributed by atoms with Gasteiger partial charge in [0.05, 0.1) is 0 Å². The average molecular weight is 158 g/mol. The highest BCUT2D eigenvalue weighted by molar-refractivity contribution is 4.73. The van der Waals surface area contributed by atoms with Crippen molar-refractivity contribution in [2.24, 2.45) is 11.7 Å². The molecule has 68 valence electrons. The zero-order valence-electron chi connectivity index (χ0n) is 8.30. The van der Waals surface area contributed by atoms with Crippen LogP contribution in [0.4, 0.5) is 0 Å². The van der Waals surface area contributed by atoms with E-state index in [0.717, 1.165) is 19.6 Å². The van der Waals surface area contributed by atoms with Crippen molar-refractivity contribution >= 4 is 0 Å². The summed E-state index contributed by atoms with van der Waals surface area (Å²) in [5.74, 6) is 0.667. The van der Waals surface area contributed by atoms with Crippen LogP contribution in [0.3, 0.4) is 0 Å². The van der Waals surface area contributed by atoms with Gasteiger partial charge in [-0.3, -0.25) is 4.90 Å². The van der Waals surface area contributed by atoms with Crippen LogP contribution < -0.4 is 5.73 Å². The van der Waals surface area contributed by atoms with Gasteiger partial charge in [-0.1, -0.05) is 27.7 Å². The van der Waals surface area contributed by atoms with Gasteiger partial charge in [-0.2, -0.15) is 0 Å². The zero-order valence-corrected chi connectivity index (χ0v) is 8.30. The largest absolute Gasteiger partial charge is 0.329 e. The summed E-state index contributed by atoms with van der Waals surface area (Å²) in [4.78, 5) is 2.42. The van der Waals surface area contributed by atoms with E-state index in [4.69, 9.17) is 5.73 Å². The van der Waals surface area contributed by atoms with Gasteiger partial charge in [0.1, 0.15) is 0 Å². The number of rotatable bonds is 5. The molecule has 0 aliphatic carbocycles. The summed E-state index contributed by atoms with van der Waals surface area (Å²) in [5.41, 5.74) is 5.68. The van der Waals surface area contributed by atoms with Gasteiger partial charge in [0.2, 0.25) is 0 Å². The number of likely N-dealkylation sites (N-methyl/N-ethyl adjacent to an activating group) is 1. The minimum atomic E-state index is 0.560. The second-order valence-corrected chi connectivity index (χ2v) is 3.27. The van der Waals surface area contributed by atoms with Crippen LogP contribution >= 0.6 is 0 Å². The van der Waals surface area contributed by atoms with E-state index in [9.17, 15) is 0 Å². The van der Waals surface area contributed by atoms with Crippen LogP contribution in [-0.4, -0.2) is 30.6 Å². The van der Waals surface area contributed by atoms with E-state index < -0.39 is 0 Å². The van der Waals surface area contributed by atoms with Crippen molar-refractivity contribution in [2.75, 3.05) is 19.6 Å². The molecule has 0 aliphatic heterocycles. The molecule has 0 bridgehead atoms. The Bertz CT molecular complexity index is 87.6. The molecule has 11 heavy (non-hydrogen) atoms. The summed E-state index contributed by atoms with van der Waals surface area (Å²) in [6.07, 6.45) is 0. The molecule has 0 unspecified atom stereocenters. The molecular weight excluding hydrogens is 136 g/mol. The number of nitrogens with two attached hydrogens (primary N) is 1. The standard InChI is InChI=1S/C9H22N2/c1-5-11(6-2)9(7-10)8(3)4/h8-9H,5-7,10H2,1-4H3/t9-/m1/s1. The Balaban J connectivity index is 3.98. The highest BCUT2D eigenvalue weighted by Crippen LogP contribution is 2.08. The van der Waals surface area contributed by atoms with Gasteiger partial charge >= 0.3 is 0 Å². The molecule has 0 spiro atoms. The predicted octanol–water partition coefficient (Wildman–Crippen LogP) is 1.31. The monoisotopic (exact) mass is 158 g/mol. The first-order chi connectivity index (χ1) is 5.17. The fraction of sp³-hybridized carbons (Fsp3) is 1.00. The minimum absolute atomic E-state index is 0.560. The van der Waals surface area contributed by atoms with E-state index in [-0.39, 0.29) is 0 Å². The van der Waals surface area contributed by atoms with Crippen molar-refractivity contribution in [3.05, 3.63) is 0 Å². The van der Waals surface area contributed by atoms with Crippen LogP contribution in [0.25, 0.3) is 0 Å². The lowest BCUT2D eigenvalue weighted by Gasteiger charge is -2.31. The summed E-state index contributed by atoms with van der Waals surface area (Å²) in [6, 6.07) is 0.560. The maximum absolute atomic E-state index is 5.68. The molecule has 0 fully saturated rings. The molecule has 2 N–H and O–H groups in total. The molecule has 0 aromatic rings. The topological polar surface area (TPSA) is 29.3 Å². The Morgan fingerprint density at radius 1 is 1.18 bits per heavy atom. The SMILES string of the molecule is CCN(CC)[C@H](CN)C(C)C. The van der Waals surface area contributed by atoms with Crippen molar-refractivity contribution in [3.63, 3.8) is 0 Å². The number of hydrogen-bond acceptors (Lipinski definition) is 2. The van der Waals surface area contributed by atoms with Crippen molar-refractivity contribution < 1.29 is 0 Å². The molecule has 2 heteroatoms. The average Bonchev–Trinajstić information content (AvgIpc) is 1.99. The Kier molecular flexibility index (Phi) is 5.51. The Morgan fingerprint density at radius 3 is 1.73 bits per heavy atom. The second kappa shape index (κ2) is 5.56. The van der Waals surface area contributed by atoms with Gasteiger partial charge in [-0.15, -0.1) is 0 Å². The van der Waals surface area contributed by atoms with Crippen LogP contribution in [0, 0.1) is 5.92 Å². The van der Waals surface area contributed by atoms with Crippen LogP contribution in [0.15, 0.2) is 0 Å². The summed E-state index contributed by atoms with van der Waals surface area (Å²) in [6.45, 7) is 11.8. The molecule has 0 heterocycles. The normalized spacial score (nSPS) is 14.5. The van der Waals surface area contributed by atoms with Crippen molar-refractivity contribution in [2.45, 2.75) is 33.7 Å². The van der Waals surface area contributed by atoms with Crippen LogP contribution in [-0.2, 0) is 0 Å². The smallest absolute Gasteiger partial charge is 0.0241 e. The Morgan fingerprint density at radius 2 is 1.64 bits per heavy atom. The zero-order chi connectivity index (χ0) is 8.85. The summed E-state index contributed by atoms with van der Waals surface area (Å²) < 4.78 is 0. The van der Waals surface area contributed by atoms with Gasteiger partial charge < -0.3 is 5.73 Å². The lowest BCUT2D eigenvalue weighted by Crippen LogP contribution is -2.43. The molecule has 0 aromatic heterocycles. The lowest BCUT2D eigenvalue weighted by molar-refractivity contribution is 0.176. The summed E-state index contributed by atoms with van der Waals surface area (Å²) >= 11 is 0. The van der Waals surface area contributed by atoms with Gasteiger partial charge in [-0.05, 0) is 19.0 Å². The third-order valence-corrected chi connectivity index (χ3v) is 2.29. The maximum atomic E-state index is 5.68. The highest BCUT2D eigenvalue weighted by Gasteiger charge is 2.16. The van der Waals surface area contributed by atoms with Gasteiger partial charge in [0, 0.05) is 12.6 Å². The molecule has 0 rings (SSSR count). The maximum Gasteiger partial charge on any atom is 0.0241 e. The molecule has 1 atom stereocenters. The molecule has 0 saturated carbocycles. The number of nitrogens with zero attached hydrogens (tertiary/aromatic N) is 1. The van der Waals surface area contributed by atoms with E-state index >= 15 is 0 Å². The predicted molar refractivity (Wildman–Crippen MR) is 50.6 cm³/mol. The number of hydrogen-bond donors (Lipinski definition) is 1. The van der Waals surface area contributed by atoms with Crippen molar-refractivity contribution in [3.8, 4) is 0 Å². The van der Waals surface area contributed by atoms with Gasteiger partial charge in [-0.25, -0.2) is 0 Å². The summed E-state index contributed by atoms with van der Waals surface area (Å²) in [5, 5.41) is 0. The van der Waals surface area contributed by atoms with E-state index in [1.54, 1.807) is 0 Å². The van der Waals surface area contributed by atoms with E-state index in [0.29, 0.717) is 12.0 Å². The van der Waals surface area contributed by atoms with Gasteiger partial charge in [0.15, 0.2) is 0 Å². The third kappa shape index (κ3) is 3.21. The molecule has 0 aromatic carbocycles. The fourth-order valence-corrected chi connectivity index (χ4v) is 1.54.